The Kier molecular flexibility index (Phi) is 14.8. The summed E-state index contributed by atoms with van der Waals surface area (Å²) in [6, 6.07) is 0. The summed E-state index contributed by atoms with van der Waals surface area (Å²) in [4.78, 5) is 0. The van der Waals surface area contributed by atoms with Gasteiger partial charge in [-0.25, -0.2) is 0 Å². The van der Waals surface area contributed by atoms with E-state index < -0.39 is 147 Å². The maximum absolute atomic E-state index is 12.4. The molecular weight excluding hydrogens is 961 g/mol. The molecule has 73 heavy (non-hydrogen) atoms. The summed E-state index contributed by atoms with van der Waals surface area (Å²) in [6.45, 7) is 15.9. The lowest BCUT2D eigenvalue weighted by molar-refractivity contribution is -0.398. The minimum atomic E-state index is -1.87. The van der Waals surface area contributed by atoms with Gasteiger partial charge in [-0.3, -0.25) is 0 Å². The number of aliphatic hydroxyl groups is 11. The van der Waals surface area contributed by atoms with E-state index in [1.807, 2.05) is 6.92 Å². The van der Waals surface area contributed by atoms with Gasteiger partial charge in [-0.05, 0) is 107 Å². The summed E-state index contributed by atoms with van der Waals surface area (Å²) < 4.78 is 63.2. The van der Waals surface area contributed by atoms with Crippen LogP contribution in [0, 0.1) is 45.3 Å². The van der Waals surface area contributed by atoms with Crippen LogP contribution >= 0.6 is 0 Å². The van der Waals surface area contributed by atoms with E-state index in [0.717, 1.165) is 38.5 Å². The summed E-state index contributed by atoms with van der Waals surface area (Å²) >= 11 is 0. The molecule has 4 saturated carbocycles. The number of rotatable bonds is 11. The maximum Gasteiger partial charge on any atom is 0.187 e. The molecule has 6 aliphatic heterocycles. The van der Waals surface area contributed by atoms with Gasteiger partial charge >= 0.3 is 0 Å². The second-order valence-electron chi connectivity index (χ2n) is 25.2. The first-order valence-corrected chi connectivity index (χ1v) is 26.8. The van der Waals surface area contributed by atoms with Gasteiger partial charge in [0.25, 0.3) is 0 Å². The molecule has 6 saturated heterocycles. The van der Waals surface area contributed by atoms with E-state index in [1.54, 1.807) is 0 Å². The molecule has 10 rings (SSSR count). The summed E-state index contributed by atoms with van der Waals surface area (Å²) in [5.41, 5.74) is -0.724. The Hall–Kier alpha value is -1.10. The van der Waals surface area contributed by atoms with E-state index in [9.17, 15) is 56.2 Å². The monoisotopic (exact) mass is 1040 g/mol. The zero-order chi connectivity index (χ0) is 52.7. The molecule has 21 nitrogen and oxygen atoms in total. The Bertz CT molecular complexity index is 2010. The lowest BCUT2D eigenvalue weighted by Gasteiger charge is -2.70. The molecule has 11 N–H and O–H groups in total. The highest BCUT2D eigenvalue weighted by Gasteiger charge is 2.82. The molecular formula is C52H84O21. The zero-order valence-electron chi connectivity index (χ0n) is 43.4. The molecule has 0 amide bonds. The average Bonchev–Trinajstić information content (AvgIpc) is 3.94. The van der Waals surface area contributed by atoms with Gasteiger partial charge in [0.1, 0.15) is 79.4 Å². The van der Waals surface area contributed by atoms with Gasteiger partial charge < -0.3 is 104 Å². The van der Waals surface area contributed by atoms with Crippen LogP contribution in [0.3, 0.4) is 0 Å². The van der Waals surface area contributed by atoms with Crippen LogP contribution in [0.5, 0.6) is 0 Å². The van der Waals surface area contributed by atoms with Gasteiger partial charge in [0, 0.05) is 17.8 Å². The molecule has 10 aliphatic rings. The van der Waals surface area contributed by atoms with Gasteiger partial charge in [-0.1, -0.05) is 39.3 Å². The number of fused-ring (bicyclic) bond motifs is 4. The average molecular weight is 1050 g/mol. The third-order valence-electron chi connectivity index (χ3n) is 20.6. The maximum atomic E-state index is 12.4. The van der Waals surface area contributed by atoms with Crippen molar-refractivity contribution in [2.75, 3.05) is 26.4 Å². The molecule has 2 bridgehead atoms. The van der Waals surface area contributed by atoms with Crippen molar-refractivity contribution in [3.8, 4) is 0 Å². The molecule has 10 fully saturated rings. The van der Waals surface area contributed by atoms with Crippen molar-refractivity contribution in [3.63, 3.8) is 0 Å². The van der Waals surface area contributed by atoms with E-state index in [1.165, 1.54) is 12.5 Å². The van der Waals surface area contributed by atoms with Crippen molar-refractivity contribution in [1.82, 2.24) is 0 Å². The van der Waals surface area contributed by atoms with Crippen molar-refractivity contribution in [3.05, 3.63) is 11.6 Å². The van der Waals surface area contributed by atoms with Crippen LogP contribution in [0.25, 0.3) is 0 Å². The van der Waals surface area contributed by atoms with Gasteiger partial charge in [-0.15, -0.1) is 0 Å². The lowest BCUT2D eigenvalue weighted by atomic mass is 9.35. The molecule has 4 aliphatic carbocycles. The Balaban J connectivity index is 0.911. The minimum absolute atomic E-state index is 0.0977. The molecule has 0 radical (unpaired) electrons. The first-order valence-electron chi connectivity index (χ1n) is 26.8. The van der Waals surface area contributed by atoms with Gasteiger partial charge in [0.05, 0.1) is 50.3 Å². The van der Waals surface area contributed by atoms with Crippen LogP contribution < -0.4 is 0 Å². The second-order valence-corrected chi connectivity index (χ2v) is 25.2. The molecule has 418 valence electrons. The van der Waals surface area contributed by atoms with E-state index in [-0.39, 0.29) is 46.7 Å². The molecule has 2 spiro atoms. The number of hydrogen-bond donors (Lipinski definition) is 11. The van der Waals surface area contributed by atoms with Gasteiger partial charge in [0.2, 0.25) is 0 Å². The molecule has 0 unspecified atom stereocenters. The summed E-state index contributed by atoms with van der Waals surface area (Å²) in [5, 5.41) is 121. The number of allylic oxidation sites excluding steroid dienone is 1. The van der Waals surface area contributed by atoms with Crippen LogP contribution in [-0.4, -0.2) is 217 Å². The van der Waals surface area contributed by atoms with Gasteiger partial charge in [0.15, 0.2) is 30.9 Å². The lowest BCUT2D eigenvalue weighted by Crippen LogP contribution is -2.67. The molecule has 6 heterocycles. The summed E-state index contributed by atoms with van der Waals surface area (Å²) in [7, 11) is 0. The highest BCUT2D eigenvalue weighted by molar-refractivity contribution is 5.28. The molecule has 29 atom stereocenters. The Morgan fingerprint density at radius 3 is 2.03 bits per heavy atom. The Morgan fingerprint density at radius 1 is 0.644 bits per heavy atom. The largest absolute Gasteiger partial charge is 0.394 e. The highest BCUT2D eigenvalue weighted by atomic mass is 16.8. The fourth-order valence-corrected chi connectivity index (χ4v) is 16.8. The third kappa shape index (κ3) is 8.59. The van der Waals surface area contributed by atoms with Crippen LogP contribution in [-0.2, 0) is 47.4 Å². The smallest absolute Gasteiger partial charge is 0.187 e. The van der Waals surface area contributed by atoms with Crippen molar-refractivity contribution in [2.45, 2.75) is 241 Å². The predicted molar refractivity (Wildman–Crippen MR) is 250 cm³/mol. The quantitative estimate of drug-likeness (QED) is 0.0915. The molecule has 0 aromatic rings. The Morgan fingerprint density at radius 2 is 1.32 bits per heavy atom. The van der Waals surface area contributed by atoms with E-state index in [0.29, 0.717) is 25.4 Å². The van der Waals surface area contributed by atoms with Crippen molar-refractivity contribution < 1.29 is 104 Å². The summed E-state index contributed by atoms with van der Waals surface area (Å²) in [6.07, 6.45) is -20.7. The first-order chi connectivity index (χ1) is 34.3. The topological polar surface area (TPSA) is 315 Å². The fourth-order valence-electron chi connectivity index (χ4n) is 16.8. The first kappa shape index (κ1) is 55.2. The predicted octanol–water partition coefficient (Wildman–Crippen LogP) is -0.542. The highest BCUT2D eigenvalue weighted by Crippen LogP contribution is 2.81. The molecule has 0 aromatic carbocycles. The Labute approximate surface area is 426 Å². The fraction of sp³-hybridized carbons (Fsp3) is 0.962. The number of aliphatic hydroxyl groups excluding tert-OH is 10. The van der Waals surface area contributed by atoms with Crippen LogP contribution in [0.1, 0.15) is 107 Å². The normalized spacial score (nSPS) is 57.4. The zero-order valence-corrected chi connectivity index (χ0v) is 43.4. The number of hydrogen-bond acceptors (Lipinski definition) is 21. The van der Waals surface area contributed by atoms with E-state index in [4.69, 9.17) is 47.4 Å². The van der Waals surface area contributed by atoms with E-state index in [2.05, 4.69) is 47.6 Å². The van der Waals surface area contributed by atoms with Crippen LogP contribution in [0.2, 0.25) is 0 Å². The third-order valence-corrected chi connectivity index (χ3v) is 20.6. The van der Waals surface area contributed by atoms with Crippen molar-refractivity contribution in [1.29, 1.82) is 0 Å². The molecule has 21 heteroatoms. The van der Waals surface area contributed by atoms with Gasteiger partial charge in [-0.2, -0.15) is 0 Å². The second kappa shape index (κ2) is 19.6. The van der Waals surface area contributed by atoms with Crippen LogP contribution in [0.4, 0.5) is 0 Å². The van der Waals surface area contributed by atoms with Crippen LogP contribution in [0.15, 0.2) is 11.6 Å². The summed E-state index contributed by atoms with van der Waals surface area (Å²) in [5.74, 6) is -0.176. The minimum Gasteiger partial charge on any atom is -0.394 e. The van der Waals surface area contributed by atoms with E-state index >= 15 is 0 Å². The SMILES string of the molecule is CC(C)=CC[C@H]1O[C@]23C[C@]4(CO2)[C@H](CC[C@@H]2[C@@]5(C)CC[C@H](O[C@@H]6OC[C@H](O)[C@H](O[C@@H]7O[C@H](CO)[C@@H](O)[C@H](O)[C@H]7O[C@@H]7OC[C@@H](O)[C@H](O)[C@H]7O)[C@H]6O[C@@H]6O[C@@H](C)[C@H](O)[C@@H](O)[C@H]6O)C(C)(C)[C@@H]5CC[C@]24C)[C@H]3[C@@]1(C)O. The molecule has 0 aromatic heterocycles. The van der Waals surface area contributed by atoms with Crippen molar-refractivity contribution >= 4 is 0 Å². The van der Waals surface area contributed by atoms with Crippen molar-refractivity contribution in [2.24, 2.45) is 45.3 Å². The number of ether oxygens (including phenoxy) is 10. The standard InChI is InChI=1S/C52H84O21/c1-22(2)9-12-31-50(8,63)42-24-10-11-29-48(6)15-14-30(47(4,5)28(48)13-16-49(29,7)51(24)20-52(42,73-31)66-21-51)69-45-41(72-44-38(62)35(59)32(56)23(3)67-44)39(26(55)19-65-45)70-46-40(36(60)34(58)27(17-53)68-46)71-43-37(61)33(57)25(54)18-64-43/h9,23-46,53-63H,10-21H2,1-8H3/t23-,24+,25+,26-,27+,28-,29+,30-,31+,32-,33-,34+,35+,36-,37+,38+,39-,40+,41+,42-,43-,44-,45-,46-,48-,49+,50-,51-,52-/m0/s1.